The van der Waals surface area contributed by atoms with Crippen LogP contribution in [0.5, 0.6) is 0 Å². The topological polar surface area (TPSA) is 250 Å². The van der Waals surface area contributed by atoms with Crippen molar-refractivity contribution < 1.29 is 60.7 Å². The van der Waals surface area contributed by atoms with Crippen LogP contribution in [0.15, 0.2) is 15.8 Å². The number of nitrogens with one attached hydrogen (secondary N) is 1. The maximum Gasteiger partial charge on any atom is 0.490 e. The summed E-state index contributed by atoms with van der Waals surface area (Å²) in [6.07, 6.45) is -1.75. The monoisotopic (exact) mass is 552 g/mol. The second-order valence-corrected chi connectivity index (χ2v) is 11.7. The molecule has 2 unspecified atom stereocenters. The standard InChI is InChI=1S/C14H23N2O15P3/c1-7-4-16(14(19)15-13(7)18)5-10-12(28-9(3)17)8(2)11(29-10)6-27-33(23,24)31-34(25,26)30-32(20,21)22/h4,8,10-12H,5-6H2,1-3H3,(H,23,24)(H,25,26)(H,15,18,19)(H2,20,21,22)/t8-,10+,11-,12-/m1/s1. The number of phosphoric ester groups is 1. The number of ether oxygens (including phenoxy) is 2. The summed E-state index contributed by atoms with van der Waals surface area (Å²) in [5.74, 6) is -1.38. The highest BCUT2D eigenvalue weighted by atomic mass is 31.3. The number of H-pyrrole nitrogens is 1. The first-order valence-electron chi connectivity index (χ1n) is 9.30. The summed E-state index contributed by atoms with van der Waals surface area (Å²) in [5, 5.41) is 0. The lowest BCUT2D eigenvalue weighted by molar-refractivity contribution is -0.150. The largest absolute Gasteiger partial charge is 0.490 e. The van der Waals surface area contributed by atoms with Gasteiger partial charge in [-0.05, 0) is 6.92 Å². The zero-order valence-electron chi connectivity index (χ0n) is 17.9. The molecule has 1 aliphatic rings. The number of carbonyl (C=O) groups excluding carboxylic acids is 1. The second-order valence-electron chi connectivity index (χ2n) is 7.26. The van der Waals surface area contributed by atoms with Gasteiger partial charge in [-0.3, -0.25) is 23.7 Å². The first kappa shape index (κ1) is 28.8. The van der Waals surface area contributed by atoms with Crippen molar-refractivity contribution in [3.63, 3.8) is 0 Å². The number of nitrogens with zero attached hydrogens (tertiary/aromatic N) is 1. The smallest absolute Gasteiger partial charge is 0.459 e. The van der Waals surface area contributed by atoms with Crippen LogP contribution in [0.2, 0.25) is 0 Å². The molecule has 1 aliphatic heterocycles. The van der Waals surface area contributed by atoms with Crippen LogP contribution in [-0.4, -0.2) is 60.0 Å². The van der Waals surface area contributed by atoms with Crippen LogP contribution >= 0.6 is 23.5 Å². The van der Waals surface area contributed by atoms with Crippen molar-refractivity contribution in [2.75, 3.05) is 6.61 Å². The third-order valence-electron chi connectivity index (χ3n) is 4.51. The van der Waals surface area contributed by atoms with Crippen molar-refractivity contribution in [3.8, 4) is 0 Å². The Bertz CT molecular complexity index is 1170. The fourth-order valence-corrected chi connectivity index (χ4v) is 6.14. The van der Waals surface area contributed by atoms with Crippen LogP contribution < -0.4 is 11.2 Å². The number of aromatic nitrogens is 2. The van der Waals surface area contributed by atoms with E-state index in [9.17, 15) is 37.9 Å². The molecule has 0 spiro atoms. The minimum absolute atomic E-state index is 0.190. The molecule has 34 heavy (non-hydrogen) atoms. The summed E-state index contributed by atoms with van der Waals surface area (Å²) < 4.78 is 58.0. The van der Waals surface area contributed by atoms with Gasteiger partial charge in [0.25, 0.3) is 5.56 Å². The molecule has 0 saturated carbocycles. The van der Waals surface area contributed by atoms with Gasteiger partial charge in [-0.2, -0.15) is 8.62 Å². The molecule has 6 atom stereocenters. The molecule has 5 N–H and O–H groups in total. The fraction of sp³-hybridized carbons (Fsp3) is 0.643. The molecule has 2 rings (SSSR count). The lowest BCUT2D eigenvalue weighted by Gasteiger charge is -2.21. The molecular weight excluding hydrogens is 529 g/mol. The van der Waals surface area contributed by atoms with Crippen LogP contribution in [-0.2, 0) is 47.7 Å². The Morgan fingerprint density at radius 3 is 2.29 bits per heavy atom. The summed E-state index contributed by atoms with van der Waals surface area (Å²) in [6.45, 7) is 3.16. The SMILES string of the molecule is CC(=O)O[C@@H]1[C@H](C)[C@@H](COP(=O)(O)OP(=O)(O)OP(=O)(O)O)O[C@H]1Cn1cc(C)c(=O)[nH]c1=O. The summed E-state index contributed by atoms with van der Waals surface area (Å²) in [4.78, 5) is 73.2. The van der Waals surface area contributed by atoms with E-state index < -0.39 is 71.5 Å². The highest BCUT2D eigenvalue weighted by Gasteiger charge is 2.46. The van der Waals surface area contributed by atoms with Crippen molar-refractivity contribution in [2.24, 2.45) is 5.92 Å². The van der Waals surface area contributed by atoms with Gasteiger partial charge < -0.3 is 29.0 Å². The van der Waals surface area contributed by atoms with Crippen LogP contribution in [0.3, 0.4) is 0 Å². The van der Waals surface area contributed by atoms with Gasteiger partial charge in [0, 0.05) is 24.6 Å². The lowest BCUT2D eigenvalue weighted by atomic mass is 9.98. The van der Waals surface area contributed by atoms with Crippen LogP contribution in [0.4, 0.5) is 0 Å². The third-order valence-corrected chi connectivity index (χ3v) is 8.31. The number of esters is 1. The maximum absolute atomic E-state index is 12.1. The summed E-state index contributed by atoms with van der Waals surface area (Å²) >= 11 is 0. The Morgan fingerprint density at radius 1 is 1.12 bits per heavy atom. The van der Waals surface area contributed by atoms with E-state index in [0.717, 1.165) is 11.5 Å². The minimum atomic E-state index is -5.69. The lowest BCUT2D eigenvalue weighted by Crippen LogP contribution is -2.39. The molecule has 2 heterocycles. The van der Waals surface area contributed by atoms with E-state index in [-0.39, 0.29) is 12.1 Å². The Morgan fingerprint density at radius 2 is 1.74 bits per heavy atom. The molecule has 0 radical (unpaired) electrons. The van der Waals surface area contributed by atoms with E-state index in [1.165, 1.54) is 20.0 Å². The molecule has 0 aliphatic carbocycles. The molecular formula is C14H23N2O15P3. The van der Waals surface area contributed by atoms with Crippen molar-refractivity contribution >= 4 is 29.4 Å². The van der Waals surface area contributed by atoms with Gasteiger partial charge in [0.1, 0.15) is 12.2 Å². The zero-order chi connectivity index (χ0) is 26.1. The third kappa shape index (κ3) is 8.33. The number of rotatable bonds is 10. The molecule has 20 heteroatoms. The predicted octanol–water partition coefficient (Wildman–Crippen LogP) is -0.476. The predicted molar refractivity (Wildman–Crippen MR) is 109 cm³/mol. The molecule has 0 bridgehead atoms. The Kier molecular flexibility index (Phi) is 9.00. The summed E-state index contributed by atoms with van der Waals surface area (Å²) in [6, 6.07) is 0. The highest BCUT2D eigenvalue weighted by Crippen LogP contribution is 2.66. The van der Waals surface area contributed by atoms with E-state index in [4.69, 9.17) is 19.3 Å². The molecule has 0 aromatic carbocycles. The van der Waals surface area contributed by atoms with E-state index >= 15 is 0 Å². The molecule has 1 aromatic heterocycles. The average molecular weight is 552 g/mol. The molecule has 0 amide bonds. The quantitative estimate of drug-likeness (QED) is 0.182. The molecule has 1 saturated heterocycles. The fourth-order valence-electron chi connectivity index (χ4n) is 3.11. The van der Waals surface area contributed by atoms with Crippen molar-refractivity contribution in [3.05, 3.63) is 32.6 Å². The zero-order valence-corrected chi connectivity index (χ0v) is 20.6. The highest BCUT2D eigenvalue weighted by molar-refractivity contribution is 7.66. The second kappa shape index (κ2) is 10.6. The van der Waals surface area contributed by atoms with E-state index in [1.54, 1.807) is 0 Å². The van der Waals surface area contributed by atoms with E-state index in [0.29, 0.717) is 0 Å². The van der Waals surface area contributed by atoms with Crippen molar-refractivity contribution in [1.82, 2.24) is 9.55 Å². The van der Waals surface area contributed by atoms with Crippen molar-refractivity contribution in [2.45, 2.75) is 45.6 Å². The summed E-state index contributed by atoms with van der Waals surface area (Å²) in [5.41, 5.74) is -1.13. The van der Waals surface area contributed by atoms with E-state index in [2.05, 4.69) is 18.1 Å². The number of phosphoric acid groups is 3. The normalized spacial score (nSPS) is 26.6. The first-order valence-corrected chi connectivity index (χ1v) is 13.8. The number of hydrogen-bond acceptors (Lipinski definition) is 11. The minimum Gasteiger partial charge on any atom is -0.459 e. The maximum atomic E-state index is 12.1. The molecule has 17 nitrogen and oxygen atoms in total. The van der Waals surface area contributed by atoms with Crippen molar-refractivity contribution in [1.29, 1.82) is 0 Å². The average Bonchev–Trinajstić information content (AvgIpc) is 2.90. The molecule has 1 aromatic rings. The summed E-state index contributed by atoms with van der Waals surface area (Å²) in [7, 11) is -16.6. The number of aromatic amines is 1. The van der Waals surface area contributed by atoms with Gasteiger partial charge in [0.15, 0.2) is 0 Å². The molecule has 194 valence electrons. The van der Waals surface area contributed by atoms with Crippen LogP contribution in [0.25, 0.3) is 0 Å². The van der Waals surface area contributed by atoms with Crippen LogP contribution in [0, 0.1) is 12.8 Å². The van der Waals surface area contributed by atoms with Gasteiger partial charge in [-0.1, -0.05) is 6.92 Å². The Balaban J connectivity index is 2.15. The van der Waals surface area contributed by atoms with Gasteiger partial charge in [0.05, 0.1) is 19.3 Å². The van der Waals surface area contributed by atoms with Crippen LogP contribution in [0.1, 0.15) is 19.4 Å². The Hall–Kier alpha value is -1.48. The number of hydrogen-bond donors (Lipinski definition) is 5. The van der Waals surface area contributed by atoms with Gasteiger partial charge in [0.2, 0.25) is 0 Å². The van der Waals surface area contributed by atoms with Gasteiger partial charge in [-0.25, -0.2) is 18.5 Å². The van der Waals surface area contributed by atoms with Gasteiger partial charge >= 0.3 is 35.1 Å². The van der Waals surface area contributed by atoms with E-state index in [1.807, 2.05) is 0 Å². The molecule has 1 fully saturated rings. The first-order chi connectivity index (χ1) is 15.4. The number of carbonyl (C=O) groups is 1. The number of aryl methyl sites for hydroxylation is 1. The Labute approximate surface area is 191 Å². The van der Waals surface area contributed by atoms with Gasteiger partial charge in [-0.15, -0.1) is 0 Å².